The third-order valence-corrected chi connectivity index (χ3v) is 3.07. The van der Waals surface area contributed by atoms with Crippen LogP contribution in [0.15, 0.2) is 65.8 Å². The Morgan fingerprint density at radius 1 is 1.05 bits per heavy atom. The van der Waals surface area contributed by atoms with Gasteiger partial charge in [0.15, 0.2) is 0 Å². The molecule has 2 rings (SSSR count). The second-order valence-corrected chi connectivity index (χ2v) is 4.57. The second-order valence-electron chi connectivity index (χ2n) is 4.57. The molecular formula is C16H17N3O. The molecule has 0 heterocycles. The maximum atomic E-state index is 8.62. The van der Waals surface area contributed by atoms with Gasteiger partial charge >= 0.3 is 0 Å². The lowest BCUT2D eigenvalue weighted by Gasteiger charge is -2.21. The van der Waals surface area contributed by atoms with E-state index in [1.807, 2.05) is 67.6 Å². The number of ether oxygens (including phenoxy) is 1. The van der Waals surface area contributed by atoms with Crippen molar-refractivity contribution < 1.29 is 4.74 Å². The van der Waals surface area contributed by atoms with Gasteiger partial charge in [-0.3, -0.25) is 0 Å². The molecule has 0 aliphatic rings. The summed E-state index contributed by atoms with van der Waals surface area (Å²) in [5.41, 5.74) is 10.7. The van der Waals surface area contributed by atoms with Crippen LogP contribution in [0.25, 0.3) is 10.4 Å². The van der Waals surface area contributed by atoms with Crippen LogP contribution in [0.5, 0.6) is 0 Å². The summed E-state index contributed by atoms with van der Waals surface area (Å²) < 4.78 is 5.96. The molecule has 4 heteroatoms. The molecular weight excluding hydrogens is 250 g/mol. The van der Waals surface area contributed by atoms with Gasteiger partial charge in [-0.25, -0.2) is 0 Å². The van der Waals surface area contributed by atoms with Crippen LogP contribution >= 0.6 is 0 Å². The van der Waals surface area contributed by atoms with E-state index < -0.39 is 0 Å². The second kappa shape index (κ2) is 7.34. The first-order valence-corrected chi connectivity index (χ1v) is 6.56. The van der Waals surface area contributed by atoms with Crippen molar-refractivity contribution in [3.05, 3.63) is 82.2 Å². The van der Waals surface area contributed by atoms with Crippen molar-refractivity contribution in [1.82, 2.24) is 0 Å². The van der Waals surface area contributed by atoms with Crippen molar-refractivity contribution in [3.63, 3.8) is 0 Å². The molecule has 0 fully saturated rings. The minimum Gasteiger partial charge on any atom is -0.368 e. The Hall–Kier alpha value is -2.29. The van der Waals surface area contributed by atoms with Crippen LogP contribution in [0.2, 0.25) is 0 Å². The van der Waals surface area contributed by atoms with E-state index in [1.165, 1.54) is 0 Å². The molecule has 102 valence electrons. The van der Waals surface area contributed by atoms with Crippen LogP contribution in [-0.2, 0) is 11.3 Å². The molecule has 2 aromatic carbocycles. The molecule has 4 nitrogen and oxygen atoms in total. The lowest BCUT2D eigenvalue weighted by molar-refractivity contribution is 0.0260. The summed E-state index contributed by atoms with van der Waals surface area (Å²) in [6.07, 6.45) is -0.243. The minimum absolute atomic E-state index is 0.243. The lowest BCUT2D eigenvalue weighted by atomic mass is 10.0. The van der Waals surface area contributed by atoms with E-state index in [9.17, 15) is 0 Å². The van der Waals surface area contributed by atoms with E-state index >= 15 is 0 Å². The van der Waals surface area contributed by atoms with Crippen LogP contribution in [0.1, 0.15) is 24.2 Å². The van der Waals surface area contributed by atoms with Crippen molar-refractivity contribution in [3.8, 4) is 0 Å². The minimum atomic E-state index is -0.258. The highest BCUT2D eigenvalue weighted by atomic mass is 16.5. The first-order chi connectivity index (χ1) is 9.81. The maximum absolute atomic E-state index is 8.62. The summed E-state index contributed by atoms with van der Waals surface area (Å²) in [5, 5.41) is 3.77. The topological polar surface area (TPSA) is 58.0 Å². The zero-order chi connectivity index (χ0) is 14.2. The Morgan fingerprint density at radius 2 is 1.65 bits per heavy atom. The standard InChI is InChI=1S/C16H17N3O/c1-13(18-19-17)16(15-10-6-3-7-11-15)20-12-14-8-4-2-5-9-14/h2-11,13,16H,12H2,1H3/t13-,16-/m0/s1. The van der Waals surface area contributed by atoms with Crippen LogP contribution in [0.3, 0.4) is 0 Å². The molecule has 0 saturated heterocycles. The van der Waals surface area contributed by atoms with Gasteiger partial charge in [0.25, 0.3) is 0 Å². The van der Waals surface area contributed by atoms with Crippen molar-refractivity contribution in [2.24, 2.45) is 5.11 Å². The fourth-order valence-corrected chi connectivity index (χ4v) is 2.06. The Bertz CT molecular complexity index is 565. The molecule has 0 bridgehead atoms. The molecule has 0 spiro atoms. The highest BCUT2D eigenvalue weighted by molar-refractivity contribution is 5.19. The van der Waals surface area contributed by atoms with Crippen LogP contribution in [-0.4, -0.2) is 6.04 Å². The highest BCUT2D eigenvalue weighted by Crippen LogP contribution is 2.24. The van der Waals surface area contributed by atoms with Gasteiger partial charge in [-0.1, -0.05) is 72.7 Å². The van der Waals surface area contributed by atoms with Gasteiger partial charge < -0.3 is 4.74 Å². The van der Waals surface area contributed by atoms with E-state index in [4.69, 9.17) is 10.3 Å². The SMILES string of the molecule is C[C@H](N=[N+]=[N-])[C@H](OCc1ccccc1)c1ccccc1. The smallest absolute Gasteiger partial charge is 0.0911 e. The Labute approximate surface area is 118 Å². The van der Waals surface area contributed by atoms with Crippen molar-refractivity contribution >= 4 is 0 Å². The molecule has 0 radical (unpaired) electrons. The van der Waals surface area contributed by atoms with Crippen LogP contribution in [0, 0.1) is 0 Å². The van der Waals surface area contributed by atoms with Crippen molar-refractivity contribution in [1.29, 1.82) is 0 Å². The fraction of sp³-hybridized carbons (Fsp3) is 0.250. The van der Waals surface area contributed by atoms with Crippen LogP contribution < -0.4 is 0 Å². The summed E-state index contributed by atoms with van der Waals surface area (Å²) in [7, 11) is 0. The number of benzene rings is 2. The summed E-state index contributed by atoms with van der Waals surface area (Å²) >= 11 is 0. The number of hydrogen-bond donors (Lipinski definition) is 0. The molecule has 0 aliphatic heterocycles. The van der Waals surface area contributed by atoms with Crippen molar-refractivity contribution in [2.75, 3.05) is 0 Å². The van der Waals surface area contributed by atoms with Gasteiger partial charge in [-0.05, 0) is 16.7 Å². The number of rotatable bonds is 6. The first kappa shape index (κ1) is 14.1. The third kappa shape index (κ3) is 3.85. The number of nitrogens with zero attached hydrogens (tertiary/aromatic N) is 3. The Morgan fingerprint density at radius 3 is 2.25 bits per heavy atom. The van der Waals surface area contributed by atoms with Gasteiger partial charge in [0.2, 0.25) is 0 Å². The van der Waals surface area contributed by atoms with Gasteiger partial charge in [0.05, 0.1) is 18.8 Å². The first-order valence-electron chi connectivity index (χ1n) is 6.56. The molecule has 20 heavy (non-hydrogen) atoms. The molecule has 0 amide bonds. The Balaban J connectivity index is 2.13. The molecule has 2 atom stereocenters. The average molecular weight is 267 g/mol. The lowest BCUT2D eigenvalue weighted by Crippen LogP contribution is -2.16. The zero-order valence-corrected chi connectivity index (χ0v) is 11.4. The van der Waals surface area contributed by atoms with E-state index in [2.05, 4.69) is 10.0 Å². The third-order valence-electron chi connectivity index (χ3n) is 3.07. The molecule has 0 aromatic heterocycles. The maximum Gasteiger partial charge on any atom is 0.0911 e. The normalized spacial score (nSPS) is 13.2. The van der Waals surface area contributed by atoms with Gasteiger partial charge in [0, 0.05) is 4.91 Å². The monoisotopic (exact) mass is 267 g/mol. The van der Waals surface area contributed by atoms with Crippen molar-refractivity contribution in [2.45, 2.75) is 25.7 Å². The quantitative estimate of drug-likeness (QED) is 0.427. The van der Waals surface area contributed by atoms with Gasteiger partial charge in [-0.2, -0.15) is 0 Å². The Kier molecular flexibility index (Phi) is 5.18. The summed E-state index contributed by atoms with van der Waals surface area (Å²) in [6.45, 7) is 2.36. The number of hydrogen-bond acceptors (Lipinski definition) is 2. The van der Waals surface area contributed by atoms with E-state index in [0.29, 0.717) is 6.61 Å². The average Bonchev–Trinajstić information content (AvgIpc) is 2.50. The van der Waals surface area contributed by atoms with Gasteiger partial charge in [-0.15, -0.1) is 0 Å². The van der Waals surface area contributed by atoms with E-state index in [-0.39, 0.29) is 12.1 Å². The molecule has 0 saturated carbocycles. The number of azide groups is 1. The molecule has 0 N–H and O–H groups in total. The van der Waals surface area contributed by atoms with Crippen LogP contribution in [0.4, 0.5) is 0 Å². The predicted octanol–water partition coefficient (Wildman–Crippen LogP) is 4.64. The highest BCUT2D eigenvalue weighted by Gasteiger charge is 2.18. The summed E-state index contributed by atoms with van der Waals surface area (Å²) in [5.74, 6) is 0. The van der Waals surface area contributed by atoms with E-state index in [0.717, 1.165) is 11.1 Å². The van der Waals surface area contributed by atoms with E-state index in [1.54, 1.807) is 0 Å². The largest absolute Gasteiger partial charge is 0.368 e. The summed E-state index contributed by atoms with van der Waals surface area (Å²) in [6, 6.07) is 19.5. The molecule has 0 unspecified atom stereocenters. The zero-order valence-electron chi connectivity index (χ0n) is 11.4. The summed E-state index contributed by atoms with van der Waals surface area (Å²) in [4.78, 5) is 2.88. The molecule has 0 aliphatic carbocycles. The fourth-order valence-electron chi connectivity index (χ4n) is 2.06. The van der Waals surface area contributed by atoms with Gasteiger partial charge in [0.1, 0.15) is 0 Å². The molecule has 2 aromatic rings. The predicted molar refractivity (Wildman–Crippen MR) is 79.0 cm³/mol.